The molecule has 168 valence electrons. The van der Waals surface area contributed by atoms with Gasteiger partial charge in [-0.15, -0.1) is 0 Å². The number of phenolic OH excluding ortho intramolecular Hbond substituents is 3. The molecule has 3 rings (SSSR count). The van der Waals surface area contributed by atoms with Gasteiger partial charge in [0, 0.05) is 11.6 Å². The lowest BCUT2D eigenvalue weighted by molar-refractivity contribution is -0.117. The molecule has 8 heteroatoms. The number of nitrogens with one attached hydrogen (secondary N) is 1. The quantitative estimate of drug-likeness (QED) is 0.229. The number of carbonyl (C=O) groups is 1. The number of carbonyl (C=O) groups excluding carboxylic acids is 1. The Bertz CT molecular complexity index is 1230. The zero-order chi connectivity index (χ0) is 24.1. The van der Waals surface area contributed by atoms with E-state index in [4.69, 9.17) is 16.3 Å². The topological polar surface area (TPSA) is 123 Å². The molecular weight excluding hydrogens is 444 g/mol. The van der Waals surface area contributed by atoms with Gasteiger partial charge in [-0.2, -0.15) is 5.26 Å². The van der Waals surface area contributed by atoms with E-state index in [9.17, 15) is 25.4 Å². The summed E-state index contributed by atoms with van der Waals surface area (Å²) in [5.74, 6) is -1.14. The Hall–Kier alpha value is -4.15. The Labute approximate surface area is 195 Å². The van der Waals surface area contributed by atoms with E-state index in [0.29, 0.717) is 16.5 Å². The van der Waals surface area contributed by atoms with Crippen molar-refractivity contribution in [3.8, 4) is 34.8 Å². The van der Waals surface area contributed by atoms with Crippen molar-refractivity contribution in [1.82, 2.24) is 5.32 Å². The zero-order valence-corrected chi connectivity index (χ0v) is 18.6. The van der Waals surface area contributed by atoms with Crippen LogP contribution in [0.1, 0.15) is 22.3 Å². The number of aromatic hydroxyl groups is 3. The van der Waals surface area contributed by atoms with Crippen LogP contribution in [0.25, 0.3) is 6.08 Å². The molecular formula is C25H21ClN2O5. The standard InChI is InChI=1S/C25H21ClN2O5/c1-14-7-20(8-15(2)23(14)26)33-19-5-3-16(4-6-19)13-28-25(32)18(12-27)9-17-10-21(29)24(31)22(30)11-17/h3-11,29-31H,13H2,1-2H3,(H,28,32)/b18-9+. The van der Waals surface area contributed by atoms with Crippen molar-refractivity contribution in [2.45, 2.75) is 20.4 Å². The number of aryl methyl sites for hydroxylation is 2. The van der Waals surface area contributed by atoms with Crippen LogP contribution in [0.15, 0.2) is 54.1 Å². The van der Waals surface area contributed by atoms with E-state index >= 15 is 0 Å². The van der Waals surface area contributed by atoms with Crippen molar-refractivity contribution in [2.24, 2.45) is 0 Å². The van der Waals surface area contributed by atoms with Crippen LogP contribution in [0.3, 0.4) is 0 Å². The van der Waals surface area contributed by atoms with Crippen molar-refractivity contribution in [2.75, 3.05) is 0 Å². The fourth-order valence-corrected chi connectivity index (χ4v) is 3.19. The maximum atomic E-state index is 12.4. The van der Waals surface area contributed by atoms with E-state index in [1.54, 1.807) is 30.3 Å². The van der Waals surface area contributed by atoms with Gasteiger partial charge in [0.15, 0.2) is 17.2 Å². The molecule has 0 spiro atoms. The summed E-state index contributed by atoms with van der Waals surface area (Å²) in [5.41, 5.74) is 2.59. The van der Waals surface area contributed by atoms with Gasteiger partial charge in [-0.05, 0) is 78.6 Å². The van der Waals surface area contributed by atoms with Crippen molar-refractivity contribution in [3.05, 3.63) is 81.4 Å². The molecule has 0 atom stereocenters. The number of nitrogens with zero attached hydrogens (tertiary/aromatic N) is 1. The lowest BCUT2D eigenvalue weighted by Crippen LogP contribution is -2.23. The summed E-state index contributed by atoms with van der Waals surface area (Å²) in [4.78, 5) is 12.4. The van der Waals surface area contributed by atoms with Crippen molar-refractivity contribution in [3.63, 3.8) is 0 Å². The molecule has 0 aliphatic heterocycles. The first-order valence-electron chi connectivity index (χ1n) is 9.86. The molecule has 0 aromatic heterocycles. The number of hydrogen-bond acceptors (Lipinski definition) is 6. The van der Waals surface area contributed by atoms with Crippen molar-refractivity contribution in [1.29, 1.82) is 5.26 Å². The van der Waals surface area contributed by atoms with Crippen LogP contribution in [0.4, 0.5) is 0 Å². The van der Waals surface area contributed by atoms with E-state index in [1.165, 1.54) is 6.08 Å². The molecule has 0 saturated heterocycles. The number of phenols is 3. The minimum Gasteiger partial charge on any atom is -0.504 e. The lowest BCUT2D eigenvalue weighted by Gasteiger charge is -2.10. The average molecular weight is 465 g/mol. The normalized spacial score (nSPS) is 11.0. The van der Waals surface area contributed by atoms with Crippen LogP contribution < -0.4 is 10.1 Å². The summed E-state index contributed by atoms with van der Waals surface area (Å²) >= 11 is 6.19. The highest BCUT2D eigenvalue weighted by Crippen LogP contribution is 2.36. The van der Waals surface area contributed by atoms with Crippen LogP contribution >= 0.6 is 11.6 Å². The molecule has 0 saturated carbocycles. The van der Waals surface area contributed by atoms with Crippen molar-refractivity contribution < 1.29 is 24.9 Å². The molecule has 0 aliphatic carbocycles. The van der Waals surface area contributed by atoms with E-state index in [1.807, 2.05) is 26.0 Å². The van der Waals surface area contributed by atoms with Gasteiger partial charge in [0.25, 0.3) is 5.91 Å². The maximum absolute atomic E-state index is 12.4. The number of hydrogen-bond donors (Lipinski definition) is 4. The number of nitriles is 1. The Balaban J connectivity index is 1.64. The molecule has 3 aromatic carbocycles. The average Bonchev–Trinajstić information content (AvgIpc) is 2.78. The second kappa shape index (κ2) is 9.98. The van der Waals surface area contributed by atoms with E-state index < -0.39 is 23.2 Å². The minimum absolute atomic E-state index is 0.170. The highest BCUT2D eigenvalue weighted by Gasteiger charge is 2.12. The molecule has 1 amide bonds. The second-order valence-corrected chi connectivity index (χ2v) is 7.76. The van der Waals surface area contributed by atoms with Gasteiger partial charge in [-0.3, -0.25) is 4.79 Å². The first-order valence-corrected chi connectivity index (χ1v) is 10.2. The van der Waals surface area contributed by atoms with E-state index in [-0.39, 0.29) is 17.7 Å². The Kier molecular flexibility index (Phi) is 7.11. The molecule has 0 heterocycles. The summed E-state index contributed by atoms with van der Waals surface area (Å²) in [6.45, 7) is 3.99. The number of halogens is 1. The van der Waals surface area contributed by atoms with Crippen LogP contribution in [0.2, 0.25) is 5.02 Å². The number of ether oxygens (including phenoxy) is 1. The number of amides is 1. The third-order valence-corrected chi connectivity index (χ3v) is 5.39. The Morgan fingerprint density at radius 2 is 1.61 bits per heavy atom. The molecule has 33 heavy (non-hydrogen) atoms. The van der Waals surface area contributed by atoms with Gasteiger partial charge in [0.2, 0.25) is 0 Å². The van der Waals surface area contributed by atoms with Crippen LogP contribution in [0, 0.1) is 25.2 Å². The lowest BCUT2D eigenvalue weighted by atomic mass is 10.1. The molecule has 0 unspecified atom stereocenters. The monoisotopic (exact) mass is 464 g/mol. The van der Waals surface area contributed by atoms with Crippen molar-refractivity contribution >= 4 is 23.6 Å². The number of benzene rings is 3. The van der Waals surface area contributed by atoms with Gasteiger partial charge in [0.05, 0.1) is 0 Å². The smallest absolute Gasteiger partial charge is 0.262 e. The first kappa shape index (κ1) is 23.5. The van der Waals surface area contributed by atoms with Crippen LogP contribution in [-0.4, -0.2) is 21.2 Å². The van der Waals surface area contributed by atoms with E-state index in [0.717, 1.165) is 28.8 Å². The number of rotatable bonds is 6. The summed E-state index contributed by atoms with van der Waals surface area (Å²) < 4.78 is 5.87. The highest BCUT2D eigenvalue weighted by molar-refractivity contribution is 6.32. The largest absolute Gasteiger partial charge is 0.504 e. The third-order valence-electron chi connectivity index (χ3n) is 4.79. The first-order chi connectivity index (χ1) is 15.7. The van der Waals surface area contributed by atoms with E-state index in [2.05, 4.69) is 5.32 Å². The highest BCUT2D eigenvalue weighted by atomic mass is 35.5. The van der Waals surface area contributed by atoms with Crippen LogP contribution in [-0.2, 0) is 11.3 Å². The van der Waals surface area contributed by atoms with Crippen LogP contribution in [0.5, 0.6) is 28.7 Å². The third kappa shape index (κ3) is 5.76. The summed E-state index contributed by atoms with van der Waals surface area (Å²) in [7, 11) is 0. The molecule has 0 radical (unpaired) electrons. The predicted octanol–water partition coefficient (Wildman–Crippen LogP) is 5.09. The molecule has 3 aromatic rings. The molecule has 0 bridgehead atoms. The van der Waals surface area contributed by atoms with Gasteiger partial charge >= 0.3 is 0 Å². The summed E-state index contributed by atoms with van der Waals surface area (Å²) in [6, 6.07) is 14.9. The molecule has 0 fully saturated rings. The van der Waals surface area contributed by atoms with Gasteiger partial charge in [-0.1, -0.05) is 23.7 Å². The minimum atomic E-state index is -0.677. The summed E-state index contributed by atoms with van der Waals surface area (Å²) in [6.07, 6.45) is 1.20. The summed E-state index contributed by atoms with van der Waals surface area (Å²) in [5, 5.41) is 41.2. The fraction of sp³-hybridized carbons (Fsp3) is 0.120. The molecule has 7 nitrogen and oxygen atoms in total. The maximum Gasteiger partial charge on any atom is 0.262 e. The van der Waals surface area contributed by atoms with Gasteiger partial charge < -0.3 is 25.4 Å². The van der Waals surface area contributed by atoms with Gasteiger partial charge in [0.1, 0.15) is 23.1 Å². The Morgan fingerprint density at radius 1 is 1.03 bits per heavy atom. The zero-order valence-electron chi connectivity index (χ0n) is 17.9. The predicted molar refractivity (Wildman–Crippen MR) is 124 cm³/mol. The fourth-order valence-electron chi connectivity index (χ4n) is 3.08. The molecule has 4 N–H and O–H groups in total. The second-order valence-electron chi connectivity index (χ2n) is 7.38. The van der Waals surface area contributed by atoms with Gasteiger partial charge in [-0.25, -0.2) is 0 Å². The Morgan fingerprint density at radius 3 is 2.15 bits per heavy atom. The SMILES string of the molecule is Cc1cc(Oc2ccc(CNC(=O)/C(C#N)=C/c3cc(O)c(O)c(O)c3)cc2)cc(C)c1Cl. The molecule has 0 aliphatic rings.